The highest BCUT2D eigenvalue weighted by atomic mass is 16.5. The third-order valence-electron chi connectivity index (χ3n) is 2.90. The van der Waals surface area contributed by atoms with Gasteiger partial charge in [-0.2, -0.15) is 0 Å². The lowest BCUT2D eigenvalue weighted by molar-refractivity contribution is 0.0517. The van der Waals surface area contributed by atoms with Crippen molar-refractivity contribution in [2.45, 2.75) is 25.0 Å². The quantitative estimate of drug-likeness (QED) is 0.787. The van der Waals surface area contributed by atoms with Gasteiger partial charge >= 0.3 is 0 Å². The Morgan fingerprint density at radius 3 is 2.73 bits per heavy atom. The second kappa shape index (κ2) is 4.68. The van der Waals surface area contributed by atoms with E-state index in [1.165, 1.54) is 12.8 Å². The maximum atomic E-state index is 5.55. The first-order chi connectivity index (χ1) is 7.36. The van der Waals surface area contributed by atoms with Crippen molar-refractivity contribution in [2.24, 2.45) is 5.92 Å². The van der Waals surface area contributed by atoms with Gasteiger partial charge in [-0.1, -0.05) is 0 Å². The molecule has 1 aliphatic carbocycles. The highest BCUT2D eigenvalue weighted by Crippen LogP contribution is 2.39. The molecule has 0 saturated heterocycles. The number of nitrogens with zero attached hydrogens (tertiary/aromatic N) is 2. The van der Waals surface area contributed by atoms with Crippen LogP contribution in [0, 0.1) is 5.92 Å². The third-order valence-corrected chi connectivity index (χ3v) is 2.90. The van der Waals surface area contributed by atoms with E-state index in [-0.39, 0.29) is 12.1 Å². The number of ether oxygens (including phenoxy) is 1. The van der Waals surface area contributed by atoms with Gasteiger partial charge in [-0.3, -0.25) is 9.97 Å². The summed E-state index contributed by atoms with van der Waals surface area (Å²) in [5.41, 5.74) is 0.957. The molecule has 1 fully saturated rings. The summed E-state index contributed by atoms with van der Waals surface area (Å²) in [6.45, 7) is 0. The fourth-order valence-corrected chi connectivity index (χ4v) is 1.98. The van der Waals surface area contributed by atoms with Crippen molar-refractivity contribution in [3.05, 3.63) is 24.3 Å². The number of nitrogens with one attached hydrogen (secondary N) is 1. The van der Waals surface area contributed by atoms with Gasteiger partial charge in [-0.05, 0) is 25.8 Å². The average molecular weight is 207 g/mol. The summed E-state index contributed by atoms with van der Waals surface area (Å²) in [7, 11) is 3.71. The number of rotatable bonds is 5. The first-order valence-electron chi connectivity index (χ1n) is 5.32. The van der Waals surface area contributed by atoms with Gasteiger partial charge < -0.3 is 10.1 Å². The molecule has 82 valence electrons. The van der Waals surface area contributed by atoms with Crippen molar-refractivity contribution >= 4 is 0 Å². The van der Waals surface area contributed by atoms with Crippen LogP contribution in [0.5, 0.6) is 0 Å². The van der Waals surface area contributed by atoms with E-state index >= 15 is 0 Å². The van der Waals surface area contributed by atoms with Crippen LogP contribution in [0.25, 0.3) is 0 Å². The minimum Gasteiger partial charge on any atom is -0.379 e. The van der Waals surface area contributed by atoms with Crippen LogP contribution in [0.3, 0.4) is 0 Å². The molecule has 4 nitrogen and oxygen atoms in total. The molecule has 1 aromatic heterocycles. The van der Waals surface area contributed by atoms with Gasteiger partial charge in [0.05, 0.1) is 24.0 Å². The summed E-state index contributed by atoms with van der Waals surface area (Å²) in [6, 6.07) is 0.149. The molecule has 2 unspecified atom stereocenters. The molecule has 0 aliphatic heterocycles. The molecule has 1 aliphatic rings. The van der Waals surface area contributed by atoms with Crippen LogP contribution in [-0.2, 0) is 4.74 Å². The normalized spacial score (nSPS) is 19.9. The number of hydrogen-bond acceptors (Lipinski definition) is 4. The van der Waals surface area contributed by atoms with Crippen LogP contribution < -0.4 is 5.32 Å². The van der Waals surface area contributed by atoms with E-state index < -0.39 is 0 Å². The molecular weight excluding hydrogens is 190 g/mol. The number of aromatic nitrogens is 2. The van der Waals surface area contributed by atoms with E-state index in [0.717, 1.165) is 5.69 Å². The number of likely N-dealkylation sites (N-methyl/N-ethyl adjacent to an activating group) is 1. The van der Waals surface area contributed by atoms with Gasteiger partial charge in [-0.15, -0.1) is 0 Å². The smallest absolute Gasteiger partial charge is 0.0809 e. The van der Waals surface area contributed by atoms with E-state index in [9.17, 15) is 0 Å². The summed E-state index contributed by atoms with van der Waals surface area (Å²) in [5, 5.41) is 3.26. The highest BCUT2D eigenvalue weighted by molar-refractivity contribution is 5.07. The molecule has 1 N–H and O–H groups in total. The minimum absolute atomic E-state index is 0.149. The first kappa shape index (κ1) is 10.5. The largest absolute Gasteiger partial charge is 0.379 e. The van der Waals surface area contributed by atoms with E-state index in [4.69, 9.17) is 4.74 Å². The molecule has 1 heterocycles. The van der Waals surface area contributed by atoms with E-state index in [0.29, 0.717) is 5.92 Å². The van der Waals surface area contributed by atoms with Crippen molar-refractivity contribution in [3.8, 4) is 0 Å². The zero-order chi connectivity index (χ0) is 10.7. The summed E-state index contributed by atoms with van der Waals surface area (Å²) in [4.78, 5) is 8.42. The third kappa shape index (κ3) is 2.33. The second-order valence-corrected chi connectivity index (χ2v) is 3.93. The van der Waals surface area contributed by atoms with Gasteiger partial charge in [-0.25, -0.2) is 0 Å². The molecule has 2 rings (SSSR count). The Bertz CT molecular complexity index is 300. The van der Waals surface area contributed by atoms with Crippen molar-refractivity contribution in [1.82, 2.24) is 15.3 Å². The van der Waals surface area contributed by atoms with Crippen molar-refractivity contribution in [3.63, 3.8) is 0 Å². The van der Waals surface area contributed by atoms with E-state index in [2.05, 4.69) is 15.3 Å². The Balaban J connectivity index is 2.15. The molecule has 1 saturated carbocycles. The maximum Gasteiger partial charge on any atom is 0.0809 e. The molecule has 1 aromatic rings. The molecule has 15 heavy (non-hydrogen) atoms. The molecule has 4 heteroatoms. The summed E-state index contributed by atoms with van der Waals surface area (Å²) >= 11 is 0. The van der Waals surface area contributed by atoms with E-state index in [1.807, 2.05) is 7.05 Å². The van der Waals surface area contributed by atoms with Crippen LogP contribution >= 0.6 is 0 Å². The van der Waals surface area contributed by atoms with Gasteiger partial charge in [0.25, 0.3) is 0 Å². The first-order valence-corrected chi connectivity index (χ1v) is 5.32. The Morgan fingerprint density at radius 1 is 1.47 bits per heavy atom. The van der Waals surface area contributed by atoms with Gasteiger partial charge in [0.1, 0.15) is 0 Å². The Morgan fingerprint density at radius 2 is 2.27 bits per heavy atom. The van der Waals surface area contributed by atoms with Crippen LogP contribution in [0.15, 0.2) is 18.6 Å². The van der Waals surface area contributed by atoms with E-state index in [1.54, 1.807) is 25.7 Å². The lowest BCUT2D eigenvalue weighted by Gasteiger charge is -2.24. The highest BCUT2D eigenvalue weighted by Gasteiger charge is 2.37. The standard InChI is InChI=1S/C11H17N3O/c1-12-10(9-7-13-5-6-14-9)11(15-2)8-3-4-8/h5-8,10-12H,3-4H2,1-2H3. The zero-order valence-corrected chi connectivity index (χ0v) is 9.18. The van der Waals surface area contributed by atoms with Gasteiger partial charge in [0, 0.05) is 19.5 Å². The molecule has 0 bridgehead atoms. The SMILES string of the molecule is CNC(c1cnccn1)C(OC)C1CC1. The zero-order valence-electron chi connectivity index (χ0n) is 9.18. The van der Waals surface area contributed by atoms with Crippen LogP contribution in [0.4, 0.5) is 0 Å². The van der Waals surface area contributed by atoms with Gasteiger partial charge in [0.15, 0.2) is 0 Å². The van der Waals surface area contributed by atoms with Crippen molar-refractivity contribution in [2.75, 3.05) is 14.2 Å². The monoisotopic (exact) mass is 207 g/mol. The molecule has 0 aromatic carbocycles. The molecule has 2 atom stereocenters. The van der Waals surface area contributed by atoms with Crippen LogP contribution in [-0.4, -0.2) is 30.2 Å². The van der Waals surface area contributed by atoms with Crippen LogP contribution in [0.2, 0.25) is 0 Å². The summed E-state index contributed by atoms with van der Waals surface area (Å²) in [5.74, 6) is 0.675. The van der Waals surface area contributed by atoms with Crippen LogP contribution in [0.1, 0.15) is 24.6 Å². The second-order valence-electron chi connectivity index (χ2n) is 3.93. The fourth-order valence-electron chi connectivity index (χ4n) is 1.98. The van der Waals surface area contributed by atoms with Crippen molar-refractivity contribution < 1.29 is 4.74 Å². The topological polar surface area (TPSA) is 47.0 Å². The Hall–Kier alpha value is -1.00. The predicted octanol–water partition coefficient (Wildman–Crippen LogP) is 1.16. The fraction of sp³-hybridized carbons (Fsp3) is 0.636. The predicted molar refractivity (Wildman–Crippen MR) is 57.4 cm³/mol. The summed E-state index contributed by atoms with van der Waals surface area (Å²) < 4.78 is 5.55. The molecule has 0 spiro atoms. The molecular formula is C11H17N3O. The molecule has 0 amide bonds. The number of hydrogen-bond donors (Lipinski definition) is 1. The Labute approximate surface area is 90.1 Å². The lowest BCUT2D eigenvalue weighted by Crippen LogP contribution is -2.33. The summed E-state index contributed by atoms with van der Waals surface area (Å²) in [6.07, 6.45) is 7.95. The number of methoxy groups -OCH3 is 1. The molecule has 0 radical (unpaired) electrons. The maximum absolute atomic E-state index is 5.55. The average Bonchev–Trinajstić information content (AvgIpc) is 3.11. The minimum atomic E-state index is 0.149. The van der Waals surface area contributed by atoms with Crippen molar-refractivity contribution in [1.29, 1.82) is 0 Å². The van der Waals surface area contributed by atoms with Gasteiger partial charge in [0.2, 0.25) is 0 Å². The lowest BCUT2D eigenvalue weighted by atomic mass is 10.0. The Kier molecular flexibility index (Phi) is 3.28.